The second-order valence-corrected chi connectivity index (χ2v) is 8.32. The van der Waals surface area contributed by atoms with Gasteiger partial charge in [0.2, 0.25) is 0 Å². The molecule has 4 rings (SSSR count). The lowest BCUT2D eigenvalue weighted by Gasteiger charge is -2.28. The molecule has 2 atom stereocenters. The van der Waals surface area contributed by atoms with Crippen LogP contribution in [-0.4, -0.2) is 47.8 Å². The normalized spacial score (nSPS) is 22.9. The molecule has 0 saturated carbocycles. The van der Waals surface area contributed by atoms with E-state index in [0.717, 1.165) is 48.1 Å². The van der Waals surface area contributed by atoms with E-state index >= 15 is 0 Å². The van der Waals surface area contributed by atoms with Crippen LogP contribution in [0.2, 0.25) is 0 Å². The number of nitrogens with zero attached hydrogens (tertiary/aromatic N) is 3. The number of fused-ring (bicyclic) bond motifs is 1. The van der Waals surface area contributed by atoms with E-state index in [-0.39, 0.29) is 11.5 Å². The summed E-state index contributed by atoms with van der Waals surface area (Å²) < 4.78 is 17.4. The Bertz CT molecular complexity index is 837. The van der Waals surface area contributed by atoms with Gasteiger partial charge in [-0.15, -0.1) is 0 Å². The quantitative estimate of drug-likeness (QED) is 0.784. The number of pyridine rings is 2. The second kappa shape index (κ2) is 7.59. The fourth-order valence-corrected chi connectivity index (χ4v) is 4.01. The Hall–Kier alpha value is -2.34. The number of hydrogen-bond acceptors (Lipinski definition) is 6. The van der Waals surface area contributed by atoms with Crippen molar-refractivity contribution in [2.45, 2.75) is 40.2 Å². The Morgan fingerprint density at radius 2 is 1.89 bits per heavy atom. The van der Waals surface area contributed by atoms with E-state index in [2.05, 4.69) is 23.7 Å². The Morgan fingerprint density at radius 3 is 2.68 bits per heavy atom. The van der Waals surface area contributed by atoms with Gasteiger partial charge in [-0.1, -0.05) is 6.92 Å². The van der Waals surface area contributed by atoms with Crippen molar-refractivity contribution in [3.63, 3.8) is 0 Å². The molecule has 2 unspecified atom stereocenters. The number of aromatic nitrogens is 2. The van der Waals surface area contributed by atoms with Crippen molar-refractivity contribution in [3.8, 4) is 17.4 Å². The highest BCUT2D eigenvalue weighted by Gasteiger charge is 2.37. The van der Waals surface area contributed by atoms with Gasteiger partial charge in [0, 0.05) is 41.5 Å². The van der Waals surface area contributed by atoms with E-state index < -0.39 is 0 Å². The summed E-state index contributed by atoms with van der Waals surface area (Å²) >= 11 is 0. The Labute approximate surface area is 166 Å². The van der Waals surface area contributed by atoms with E-state index in [4.69, 9.17) is 19.2 Å². The number of rotatable bonds is 5. The molecule has 0 N–H and O–H groups in total. The molecule has 0 aliphatic carbocycles. The molecule has 2 aliphatic rings. The van der Waals surface area contributed by atoms with Gasteiger partial charge in [-0.2, -0.15) is 0 Å². The summed E-state index contributed by atoms with van der Waals surface area (Å²) in [6.45, 7) is 12.4. The summed E-state index contributed by atoms with van der Waals surface area (Å²) in [5.74, 6) is 2.26. The first-order valence-corrected chi connectivity index (χ1v) is 10.0. The average molecular weight is 383 g/mol. The molecule has 0 aromatic carbocycles. The highest BCUT2D eigenvalue weighted by molar-refractivity contribution is 5.36. The number of aryl methyl sites for hydroxylation is 2. The lowest BCUT2D eigenvalue weighted by Crippen LogP contribution is -2.32. The fraction of sp³-hybridized carbons (Fsp3) is 0.545. The van der Waals surface area contributed by atoms with E-state index in [1.807, 2.05) is 38.1 Å². The van der Waals surface area contributed by atoms with Gasteiger partial charge in [0.05, 0.1) is 12.3 Å². The molecule has 1 saturated heterocycles. The molecule has 1 fully saturated rings. The first-order valence-electron chi connectivity index (χ1n) is 10.0. The largest absolute Gasteiger partial charge is 0.493 e. The predicted octanol–water partition coefficient (Wildman–Crippen LogP) is 3.72. The molecule has 0 radical (unpaired) electrons. The van der Waals surface area contributed by atoms with Gasteiger partial charge in [0.1, 0.15) is 19.0 Å². The van der Waals surface area contributed by atoms with Crippen molar-refractivity contribution in [2.24, 2.45) is 5.41 Å². The fourth-order valence-electron chi connectivity index (χ4n) is 4.01. The van der Waals surface area contributed by atoms with Gasteiger partial charge >= 0.3 is 0 Å². The third-order valence-corrected chi connectivity index (χ3v) is 5.63. The molecule has 6 heteroatoms. The maximum Gasteiger partial charge on any atom is 0.257 e. The summed E-state index contributed by atoms with van der Waals surface area (Å²) in [7, 11) is 0. The molecule has 0 amide bonds. The minimum absolute atomic E-state index is 0.118. The highest BCUT2D eigenvalue weighted by atomic mass is 16.6. The van der Waals surface area contributed by atoms with Crippen LogP contribution in [0.25, 0.3) is 0 Å². The smallest absolute Gasteiger partial charge is 0.257 e. The summed E-state index contributed by atoms with van der Waals surface area (Å²) in [6.07, 6.45) is 1.10. The van der Waals surface area contributed by atoms with Gasteiger partial charge in [0.15, 0.2) is 5.75 Å². The van der Waals surface area contributed by atoms with Gasteiger partial charge in [-0.05, 0) is 45.9 Å². The van der Waals surface area contributed by atoms with Crippen LogP contribution in [0.5, 0.6) is 17.4 Å². The number of likely N-dealkylation sites (tertiary alicyclic amines) is 1. The third kappa shape index (κ3) is 4.07. The number of ether oxygens (including phenoxy) is 3. The molecule has 0 bridgehead atoms. The van der Waals surface area contributed by atoms with E-state index in [1.165, 1.54) is 0 Å². The minimum atomic E-state index is 0.118. The summed E-state index contributed by atoms with van der Waals surface area (Å²) in [5.41, 5.74) is 3.13. The lowest BCUT2D eigenvalue weighted by atomic mass is 9.91. The monoisotopic (exact) mass is 383 g/mol. The Morgan fingerprint density at radius 1 is 1.14 bits per heavy atom. The Balaban J connectivity index is 1.39. The molecular formula is C22H29N3O3. The van der Waals surface area contributed by atoms with Crippen LogP contribution in [0.4, 0.5) is 0 Å². The zero-order valence-electron chi connectivity index (χ0n) is 17.2. The molecule has 2 aromatic rings. The van der Waals surface area contributed by atoms with Crippen LogP contribution in [0, 0.1) is 19.3 Å². The second-order valence-electron chi connectivity index (χ2n) is 8.32. The molecule has 28 heavy (non-hydrogen) atoms. The van der Waals surface area contributed by atoms with Crippen LogP contribution < -0.4 is 14.2 Å². The van der Waals surface area contributed by atoms with Crippen molar-refractivity contribution >= 4 is 0 Å². The van der Waals surface area contributed by atoms with Crippen molar-refractivity contribution in [1.29, 1.82) is 0 Å². The van der Waals surface area contributed by atoms with Gasteiger partial charge in [-0.3, -0.25) is 9.88 Å². The molecule has 4 heterocycles. The summed E-state index contributed by atoms with van der Waals surface area (Å²) in [5, 5.41) is 0. The van der Waals surface area contributed by atoms with Crippen LogP contribution in [0.3, 0.4) is 0 Å². The zero-order valence-corrected chi connectivity index (χ0v) is 17.2. The van der Waals surface area contributed by atoms with Gasteiger partial charge < -0.3 is 14.2 Å². The molecule has 0 spiro atoms. The Kier molecular flexibility index (Phi) is 5.15. The molecule has 2 aliphatic heterocycles. The molecule has 150 valence electrons. The highest BCUT2D eigenvalue weighted by Crippen LogP contribution is 2.37. The summed E-state index contributed by atoms with van der Waals surface area (Å²) in [4.78, 5) is 11.6. The zero-order chi connectivity index (χ0) is 19.7. The van der Waals surface area contributed by atoms with Crippen LogP contribution >= 0.6 is 0 Å². The average Bonchev–Trinajstić information content (AvgIpc) is 3.07. The van der Waals surface area contributed by atoms with Crippen molar-refractivity contribution < 1.29 is 14.2 Å². The van der Waals surface area contributed by atoms with Crippen molar-refractivity contribution in [3.05, 3.63) is 41.3 Å². The third-order valence-electron chi connectivity index (χ3n) is 5.63. The lowest BCUT2D eigenvalue weighted by molar-refractivity contribution is 0.148. The number of hydrogen-bond donors (Lipinski definition) is 0. The minimum Gasteiger partial charge on any atom is -0.493 e. The first-order chi connectivity index (χ1) is 13.4. The SMILES string of the molecule is Cc1cc(OCC2(C)CCN(C(C)c3ccc4c(n3)OCCO4)C2)cc(C)n1. The maximum absolute atomic E-state index is 6.14. The topological polar surface area (TPSA) is 56.7 Å². The predicted molar refractivity (Wildman–Crippen MR) is 107 cm³/mol. The molecule has 6 nitrogen and oxygen atoms in total. The molecule has 2 aromatic heterocycles. The maximum atomic E-state index is 6.14. The van der Waals surface area contributed by atoms with Gasteiger partial charge in [0.25, 0.3) is 5.88 Å². The van der Waals surface area contributed by atoms with Gasteiger partial charge in [-0.25, -0.2) is 4.98 Å². The van der Waals surface area contributed by atoms with E-state index in [9.17, 15) is 0 Å². The molecular weight excluding hydrogens is 354 g/mol. The van der Waals surface area contributed by atoms with E-state index in [0.29, 0.717) is 25.7 Å². The van der Waals surface area contributed by atoms with Crippen molar-refractivity contribution in [2.75, 3.05) is 32.9 Å². The van der Waals surface area contributed by atoms with Crippen LogP contribution in [0.15, 0.2) is 24.3 Å². The first kappa shape index (κ1) is 19.0. The van der Waals surface area contributed by atoms with Crippen molar-refractivity contribution in [1.82, 2.24) is 14.9 Å². The van der Waals surface area contributed by atoms with Crippen LogP contribution in [0.1, 0.15) is 43.4 Å². The standard InChI is InChI=1S/C22H29N3O3/c1-15-11-18(12-16(2)23-15)28-14-22(4)7-8-25(13-22)17(3)19-5-6-20-21(24-19)27-10-9-26-20/h5-6,11-12,17H,7-10,13-14H2,1-4H3. The van der Waals surface area contributed by atoms with Crippen LogP contribution in [-0.2, 0) is 0 Å². The van der Waals surface area contributed by atoms with E-state index in [1.54, 1.807) is 0 Å². The summed E-state index contributed by atoms with van der Waals surface area (Å²) in [6, 6.07) is 8.26.